The molecule has 1 amide bonds. The summed E-state index contributed by atoms with van der Waals surface area (Å²) in [7, 11) is 1.59. The highest BCUT2D eigenvalue weighted by atomic mass is 79.9. The fourth-order valence-electron chi connectivity index (χ4n) is 2.00. The van der Waals surface area contributed by atoms with Gasteiger partial charge in [0.2, 0.25) is 0 Å². The first kappa shape index (κ1) is 14.5. The summed E-state index contributed by atoms with van der Waals surface area (Å²) >= 11 is 3.30. The number of hydrogen-bond donors (Lipinski definition) is 1. The molecule has 0 aliphatic heterocycles. The molecule has 2 rings (SSSR count). The van der Waals surface area contributed by atoms with Crippen LogP contribution in [0.1, 0.15) is 27.5 Å². The molecule has 0 aromatic carbocycles. The summed E-state index contributed by atoms with van der Waals surface area (Å²) in [6.07, 6.45) is 0. The molecule has 6 nitrogen and oxygen atoms in total. The first-order chi connectivity index (χ1) is 9.32. The number of nitrogens with one attached hydrogen (secondary N) is 1. The van der Waals surface area contributed by atoms with Crippen molar-refractivity contribution in [2.45, 2.75) is 20.8 Å². The van der Waals surface area contributed by atoms with E-state index in [1.54, 1.807) is 27.8 Å². The second-order valence-corrected chi connectivity index (χ2v) is 5.38. The molecule has 2 aromatic heterocycles. The normalized spacial score (nSPS) is 10.7. The van der Waals surface area contributed by atoms with Crippen molar-refractivity contribution in [3.8, 4) is 0 Å². The first-order valence-corrected chi connectivity index (χ1v) is 6.72. The van der Waals surface area contributed by atoms with E-state index in [2.05, 4.69) is 26.1 Å². The van der Waals surface area contributed by atoms with E-state index < -0.39 is 11.5 Å². The van der Waals surface area contributed by atoms with Crippen LogP contribution in [-0.4, -0.2) is 23.1 Å². The van der Waals surface area contributed by atoms with Crippen molar-refractivity contribution >= 4 is 27.5 Å². The van der Waals surface area contributed by atoms with E-state index in [4.69, 9.17) is 4.52 Å². The van der Waals surface area contributed by atoms with E-state index in [1.165, 1.54) is 11.0 Å². The highest BCUT2D eigenvalue weighted by Gasteiger charge is 2.23. The molecule has 0 saturated carbocycles. The number of H-pyrrole nitrogens is 1. The standard InChI is InChI=1S/C13H14BrN3O3/c1-6-10(14)5-9(12(18)15-6)13(19)17(4)11-7(2)16-20-8(11)3/h5H,1-4H3,(H,15,18). The molecule has 0 saturated heterocycles. The molecular weight excluding hydrogens is 326 g/mol. The number of halogens is 1. The minimum atomic E-state index is -0.422. The maximum Gasteiger partial charge on any atom is 0.263 e. The summed E-state index contributed by atoms with van der Waals surface area (Å²) in [5.74, 6) is 0.113. The van der Waals surface area contributed by atoms with Gasteiger partial charge in [0.1, 0.15) is 16.9 Å². The molecular formula is C13H14BrN3O3. The van der Waals surface area contributed by atoms with Crippen molar-refractivity contribution < 1.29 is 9.32 Å². The van der Waals surface area contributed by atoms with Crippen LogP contribution in [0.4, 0.5) is 5.69 Å². The molecule has 20 heavy (non-hydrogen) atoms. The highest BCUT2D eigenvalue weighted by Crippen LogP contribution is 2.24. The second kappa shape index (κ2) is 5.24. The quantitative estimate of drug-likeness (QED) is 0.910. The van der Waals surface area contributed by atoms with Gasteiger partial charge in [-0.15, -0.1) is 0 Å². The molecule has 7 heteroatoms. The number of rotatable bonds is 2. The highest BCUT2D eigenvalue weighted by molar-refractivity contribution is 9.10. The molecule has 2 aromatic rings. The fraction of sp³-hybridized carbons (Fsp3) is 0.308. The lowest BCUT2D eigenvalue weighted by Gasteiger charge is -2.16. The average Bonchev–Trinajstić information content (AvgIpc) is 2.72. The Balaban J connectivity index is 2.47. The Morgan fingerprint density at radius 2 is 2.05 bits per heavy atom. The molecule has 0 bridgehead atoms. The number of amides is 1. The zero-order chi connectivity index (χ0) is 15.0. The van der Waals surface area contributed by atoms with Crippen LogP contribution in [0.15, 0.2) is 19.9 Å². The lowest BCUT2D eigenvalue weighted by molar-refractivity contribution is 0.0991. The van der Waals surface area contributed by atoms with Gasteiger partial charge in [-0.25, -0.2) is 0 Å². The predicted octanol–water partition coefficient (Wildman–Crippen LogP) is 2.33. The Morgan fingerprint density at radius 1 is 1.40 bits per heavy atom. The largest absolute Gasteiger partial charge is 0.359 e. The van der Waals surface area contributed by atoms with Crippen LogP contribution in [0.3, 0.4) is 0 Å². The zero-order valence-corrected chi connectivity index (χ0v) is 13.2. The second-order valence-electron chi connectivity index (χ2n) is 4.52. The number of nitrogens with zero attached hydrogens (tertiary/aromatic N) is 2. The van der Waals surface area contributed by atoms with E-state index in [0.29, 0.717) is 27.3 Å². The van der Waals surface area contributed by atoms with E-state index in [9.17, 15) is 9.59 Å². The molecule has 0 spiro atoms. The predicted molar refractivity (Wildman–Crippen MR) is 78.2 cm³/mol. The molecule has 2 heterocycles. The summed E-state index contributed by atoms with van der Waals surface area (Å²) in [4.78, 5) is 28.4. The lowest BCUT2D eigenvalue weighted by atomic mass is 10.2. The molecule has 1 N–H and O–H groups in total. The summed E-state index contributed by atoms with van der Waals surface area (Å²) in [6, 6.07) is 1.52. The Hall–Kier alpha value is -1.89. The SMILES string of the molecule is Cc1noc(C)c1N(C)C(=O)c1cc(Br)c(C)[nH]c1=O. The monoisotopic (exact) mass is 339 g/mol. The summed E-state index contributed by atoms with van der Waals surface area (Å²) < 4.78 is 5.71. The number of aromatic amines is 1. The number of pyridine rings is 1. The third-order valence-electron chi connectivity index (χ3n) is 3.04. The van der Waals surface area contributed by atoms with Gasteiger partial charge in [0.05, 0.1) is 0 Å². The number of carbonyl (C=O) groups excluding carboxylic acids is 1. The van der Waals surface area contributed by atoms with Crippen molar-refractivity contribution in [3.05, 3.63) is 43.6 Å². The van der Waals surface area contributed by atoms with Gasteiger partial charge in [0.15, 0.2) is 5.76 Å². The number of aromatic nitrogens is 2. The third kappa shape index (κ3) is 2.40. The van der Waals surface area contributed by atoms with Gasteiger partial charge in [0, 0.05) is 17.2 Å². The van der Waals surface area contributed by atoms with Crippen molar-refractivity contribution in [1.82, 2.24) is 10.1 Å². The van der Waals surface area contributed by atoms with Crippen LogP contribution < -0.4 is 10.5 Å². The number of carbonyl (C=O) groups is 1. The van der Waals surface area contributed by atoms with Gasteiger partial charge < -0.3 is 14.4 Å². The van der Waals surface area contributed by atoms with Crippen molar-refractivity contribution in [2.75, 3.05) is 11.9 Å². The van der Waals surface area contributed by atoms with Crippen LogP contribution in [-0.2, 0) is 0 Å². The maximum atomic E-state index is 12.4. The van der Waals surface area contributed by atoms with Crippen LogP contribution in [0.25, 0.3) is 0 Å². The summed E-state index contributed by atoms with van der Waals surface area (Å²) in [6.45, 7) is 5.21. The molecule has 0 aliphatic rings. The topological polar surface area (TPSA) is 79.2 Å². The Labute approximate surface area is 123 Å². The average molecular weight is 340 g/mol. The van der Waals surface area contributed by atoms with Crippen LogP contribution in [0.2, 0.25) is 0 Å². The molecule has 106 valence electrons. The number of hydrogen-bond acceptors (Lipinski definition) is 4. The van der Waals surface area contributed by atoms with Gasteiger partial charge in [-0.3, -0.25) is 9.59 Å². The van der Waals surface area contributed by atoms with Crippen molar-refractivity contribution in [2.24, 2.45) is 0 Å². The van der Waals surface area contributed by atoms with Gasteiger partial charge in [-0.05, 0) is 42.8 Å². The van der Waals surface area contributed by atoms with E-state index >= 15 is 0 Å². The van der Waals surface area contributed by atoms with E-state index in [0.717, 1.165) is 0 Å². The molecule has 0 radical (unpaired) electrons. The smallest absolute Gasteiger partial charge is 0.263 e. The van der Waals surface area contributed by atoms with Crippen LogP contribution >= 0.6 is 15.9 Å². The Bertz CT molecular complexity index is 713. The van der Waals surface area contributed by atoms with Crippen LogP contribution in [0, 0.1) is 20.8 Å². The molecule has 0 unspecified atom stereocenters. The minimum Gasteiger partial charge on any atom is -0.359 e. The molecule has 0 aliphatic carbocycles. The van der Waals surface area contributed by atoms with Crippen molar-refractivity contribution in [3.63, 3.8) is 0 Å². The van der Waals surface area contributed by atoms with Crippen LogP contribution in [0.5, 0.6) is 0 Å². The zero-order valence-electron chi connectivity index (χ0n) is 11.6. The Kier molecular flexibility index (Phi) is 3.80. The lowest BCUT2D eigenvalue weighted by Crippen LogP contribution is -2.32. The summed E-state index contributed by atoms with van der Waals surface area (Å²) in [5.41, 5.74) is 1.48. The molecule has 0 atom stereocenters. The maximum absolute atomic E-state index is 12.4. The Morgan fingerprint density at radius 3 is 2.60 bits per heavy atom. The minimum absolute atomic E-state index is 0.0602. The van der Waals surface area contributed by atoms with Gasteiger partial charge in [-0.1, -0.05) is 5.16 Å². The third-order valence-corrected chi connectivity index (χ3v) is 3.86. The van der Waals surface area contributed by atoms with Gasteiger partial charge in [-0.2, -0.15) is 0 Å². The number of aryl methyl sites for hydroxylation is 3. The van der Waals surface area contributed by atoms with E-state index in [-0.39, 0.29) is 5.56 Å². The first-order valence-electron chi connectivity index (χ1n) is 5.93. The van der Waals surface area contributed by atoms with Gasteiger partial charge >= 0.3 is 0 Å². The summed E-state index contributed by atoms with van der Waals surface area (Å²) in [5, 5.41) is 3.80. The van der Waals surface area contributed by atoms with Crippen molar-refractivity contribution in [1.29, 1.82) is 0 Å². The number of anilines is 1. The van der Waals surface area contributed by atoms with E-state index in [1.807, 2.05) is 0 Å². The molecule has 0 fully saturated rings. The fourth-order valence-corrected chi connectivity index (χ4v) is 2.32. The van der Waals surface area contributed by atoms with Gasteiger partial charge in [0.25, 0.3) is 11.5 Å².